The van der Waals surface area contributed by atoms with Crippen molar-refractivity contribution in [2.75, 3.05) is 12.4 Å². The van der Waals surface area contributed by atoms with Crippen LogP contribution in [0.25, 0.3) is 11.1 Å². The maximum Gasteiger partial charge on any atom is 0.119 e. The molecule has 112 valence electrons. The summed E-state index contributed by atoms with van der Waals surface area (Å²) in [6.45, 7) is 5.15. The predicted molar refractivity (Wildman–Crippen MR) is 94.2 cm³/mol. The number of ether oxygens (including phenoxy) is 1. The topological polar surface area (TPSA) is 9.23 Å². The molecule has 0 N–H and O–H groups in total. The molecule has 21 heavy (non-hydrogen) atoms. The normalized spacial score (nSPS) is 11.4. The first kappa shape index (κ1) is 16.0. The molecule has 0 aliphatic rings. The smallest absolute Gasteiger partial charge is 0.119 e. The Kier molecular flexibility index (Phi) is 5.75. The molecule has 0 radical (unpaired) electrons. The maximum absolute atomic E-state index is 5.99. The first-order chi connectivity index (χ1) is 10.2. The Balaban J connectivity index is 2.03. The lowest BCUT2D eigenvalue weighted by atomic mass is 9.85. The Morgan fingerprint density at radius 3 is 1.95 bits per heavy atom. The van der Waals surface area contributed by atoms with E-state index >= 15 is 0 Å². The largest absolute Gasteiger partial charge is 0.493 e. The molecule has 0 saturated heterocycles. The van der Waals surface area contributed by atoms with Gasteiger partial charge >= 0.3 is 0 Å². The molecule has 0 amide bonds. The Labute approximate surface area is 133 Å². The Bertz CT molecular complexity index is 521. The van der Waals surface area contributed by atoms with Gasteiger partial charge in [-0.2, -0.15) is 12.6 Å². The molecule has 0 fully saturated rings. The van der Waals surface area contributed by atoms with Crippen molar-refractivity contribution in [2.24, 2.45) is 5.41 Å². The zero-order valence-electron chi connectivity index (χ0n) is 12.9. The van der Waals surface area contributed by atoms with Crippen LogP contribution in [0.3, 0.4) is 0 Å². The highest BCUT2D eigenvalue weighted by atomic mass is 32.1. The molecule has 2 rings (SSSR count). The number of benzene rings is 2. The second kappa shape index (κ2) is 7.56. The zero-order valence-corrected chi connectivity index (χ0v) is 13.8. The van der Waals surface area contributed by atoms with Gasteiger partial charge in [0.2, 0.25) is 0 Å². The van der Waals surface area contributed by atoms with E-state index in [0.717, 1.165) is 31.0 Å². The maximum atomic E-state index is 5.99. The highest BCUT2D eigenvalue weighted by Gasteiger charge is 2.25. The number of thiol groups is 1. The predicted octanol–water partition coefficient (Wildman–Crippen LogP) is 5.47. The van der Waals surface area contributed by atoms with Gasteiger partial charge in [0.25, 0.3) is 0 Å². The van der Waals surface area contributed by atoms with Gasteiger partial charge in [-0.1, -0.05) is 56.3 Å². The molecule has 0 saturated carbocycles. The molecular formula is C19H24OS. The van der Waals surface area contributed by atoms with E-state index in [2.05, 4.69) is 75.0 Å². The van der Waals surface area contributed by atoms with Crippen LogP contribution < -0.4 is 4.74 Å². The van der Waals surface area contributed by atoms with Crippen LogP contribution in [0.5, 0.6) is 5.75 Å². The summed E-state index contributed by atoms with van der Waals surface area (Å²) < 4.78 is 5.99. The van der Waals surface area contributed by atoms with Crippen molar-refractivity contribution in [3.8, 4) is 16.9 Å². The highest BCUT2D eigenvalue weighted by Crippen LogP contribution is 2.29. The molecule has 0 atom stereocenters. The van der Waals surface area contributed by atoms with Crippen LogP contribution in [0.1, 0.15) is 26.7 Å². The molecule has 0 aliphatic carbocycles. The quantitative estimate of drug-likeness (QED) is 0.667. The second-order valence-electron chi connectivity index (χ2n) is 5.54. The van der Waals surface area contributed by atoms with Gasteiger partial charge in [0.1, 0.15) is 5.75 Å². The van der Waals surface area contributed by atoms with Gasteiger partial charge in [-0.05, 0) is 41.9 Å². The van der Waals surface area contributed by atoms with Crippen molar-refractivity contribution in [1.29, 1.82) is 0 Å². The fourth-order valence-corrected chi connectivity index (χ4v) is 2.87. The van der Waals surface area contributed by atoms with Crippen LogP contribution in [-0.2, 0) is 0 Å². The molecule has 0 bridgehead atoms. The molecule has 0 aliphatic heterocycles. The molecular weight excluding hydrogens is 276 g/mol. The summed E-state index contributed by atoms with van der Waals surface area (Å²) in [6, 6.07) is 18.7. The van der Waals surface area contributed by atoms with Crippen molar-refractivity contribution in [1.82, 2.24) is 0 Å². The van der Waals surface area contributed by atoms with Gasteiger partial charge in [0.15, 0.2) is 0 Å². The summed E-state index contributed by atoms with van der Waals surface area (Å²) >= 11 is 4.49. The number of hydrogen-bond donors (Lipinski definition) is 1. The van der Waals surface area contributed by atoms with E-state index in [1.165, 1.54) is 11.1 Å². The first-order valence-corrected chi connectivity index (χ1v) is 8.25. The van der Waals surface area contributed by atoms with Crippen LogP contribution in [0.2, 0.25) is 0 Å². The summed E-state index contributed by atoms with van der Waals surface area (Å²) in [5.41, 5.74) is 2.63. The molecule has 0 spiro atoms. The third-order valence-electron chi connectivity index (χ3n) is 4.34. The summed E-state index contributed by atoms with van der Waals surface area (Å²) in [7, 11) is 0. The van der Waals surface area contributed by atoms with Crippen molar-refractivity contribution >= 4 is 12.6 Å². The summed E-state index contributed by atoms with van der Waals surface area (Å²) in [6.07, 6.45) is 2.18. The molecule has 1 nitrogen and oxygen atoms in total. The van der Waals surface area contributed by atoms with Gasteiger partial charge < -0.3 is 4.74 Å². The van der Waals surface area contributed by atoms with Crippen molar-refractivity contribution < 1.29 is 4.74 Å². The van der Waals surface area contributed by atoms with Gasteiger partial charge in [-0.15, -0.1) is 0 Å². The Morgan fingerprint density at radius 1 is 0.857 bits per heavy atom. The molecule has 2 aromatic carbocycles. The third kappa shape index (κ3) is 4.04. The minimum Gasteiger partial charge on any atom is -0.493 e. The van der Waals surface area contributed by atoms with E-state index in [1.807, 2.05) is 6.07 Å². The monoisotopic (exact) mass is 300 g/mol. The number of hydrogen-bond acceptors (Lipinski definition) is 2. The first-order valence-electron chi connectivity index (χ1n) is 7.62. The zero-order chi connectivity index (χ0) is 15.1. The third-order valence-corrected chi connectivity index (χ3v) is 5.01. The van der Waals surface area contributed by atoms with E-state index in [-0.39, 0.29) is 5.41 Å². The SMILES string of the molecule is CCC(CC)(CS)COc1ccc(-c2ccccc2)cc1. The van der Waals surface area contributed by atoms with Crippen molar-refractivity contribution in [3.63, 3.8) is 0 Å². The highest BCUT2D eigenvalue weighted by molar-refractivity contribution is 7.80. The molecule has 2 heteroatoms. The lowest BCUT2D eigenvalue weighted by Gasteiger charge is -2.29. The van der Waals surface area contributed by atoms with Crippen LogP contribution in [0.4, 0.5) is 0 Å². The molecule has 2 aromatic rings. The summed E-state index contributed by atoms with van der Waals surface area (Å²) in [5, 5.41) is 0. The van der Waals surface area contributed by atoms with Gasteiger partial charge in [-0.25, -0.2) is 0 Å². The van der Waals surface area contributed by atoms with E-state index in [1.54, 1.807) is 0 Å². The van der Waals surface area contributed by atoms with Gasteiger partial charge in [0, 0.05) is 5.41 Å². The minimum atomic E-state index is 0.182. The lowest BCUT2D eigenvalue weighted by molar-refractivity contribution is 0.157. The van der Waals surface area contributed by atoms with Gasteiger partial charge in [0.05, 0.1) is 6.61 Å². The molecule has 0 heterocycles. The van der Waals surface area contributed by atoms with Crippen molar-refractivity contribution in [2.45, 2.75) is 26.7 Å². The van der Waals surface area contributed by atoms with Crippen molar-refractivity contribution in [3.05, 3.63) is 54.6 Å². The van der Waals surface area contributed by atoms with Crippen LogP contribution in [0, 0.1) is 5.41 Å². The van der Waals surface area contributed by atoms with Crippen LogP contribution in [0.15, 0.2) is 54.6 Å². The Morgan fingerprint density at radius 2 is 1.43 bits per heavy atom. The van der Waals surface area contributed by atoms with E-state index in [4.69, 9.17) is 4.74 Å². The summed E-state index contributed by atoms with van der Waals surface area (Å²) in [4.78, 5) is 0. The van der Waals surface area contributed by atoms with Crippen LogP contribution in [-0.4, -0.2) is 12.4 Å². The molecule has 0 unspecified atom stereocenters. The van der Waals surface area contributed by atoms with Gasteiger partial charge in [-0.3, -0.25) is 0 Å². The van der Waals surface area contributed by atoms with Crippen LogP contribution >= 0.6 is 12.6 Å². The van der Waals surface area contributed by atoms with E-state index in [9.17, 15) is 0 Å². The average Bonchev–Trinajstić information content (AvgIpc) is 2.58. The molecule has 0 aromatic heterocycles. The van der Waals surface area contributed by atoms with E-state index < -0.39 is 0 Å². The standard InChI is InChI=1S/C19H24OS/c1-3-19(4-2,15-21)14-20-18-12-10-17(11-13-18)16-8-6-5-7-9-16/h5-13,21H,3-4,14-15H2,1-2H3. The minimum absolute atomic E-state index is 0.182. The summed E-state index contributed by atoms with van der Waals surface area (Å²) in [5.74, 6) is 1.80. The average molecular weight is 300 g/mol. The fourth-order valence-electron chi connectivity index (χ4n) is 2.33. The fraction of sp³-hybridized carbons (Fsp3) is 0.368. The Hall–Kier alpha value is -1.41. The number of rotatable bonds is 7. The lowest BCUT2D eigenvalue weighted by Crippen LogP contribution is -2.29. The second-order valence-corrected chi connectivity index (χ2v) is 5.86. The van der Waals surface area contributed by atoms with E-state index in [0.29, 0.717) is 0 Å².